The zero-order chi connectivity index (χ0) is 19.6. The number of pyridine rings is 1. The Morgan fingerprint density at radius 3 is 2.78 bits per heavy atom. The van der Waals surface area contributed by atoms with Gasteiger partial charge in [0.05, 0.1) is 5.56 Å². The van der Waals surface area contributed by atoms with Crippen molar-refractivity contribution in [1.82, 2.24) is 9.88 Å². The molecule has 1 aliphatic heterocycles. The first-order valence-corrected chi connectivity index (χ1v) is 9.05. The van der Waals surface area contributed by atoms with Gasteiger partial charge < -0.3 is 10.2 Å². The Morgan fingerprint density at radius 1 is 1.30 bits per heavy atom. The van der Waals surface area contributed by atoms with Crippen LogP contribution in [0.5, 0.6) is 0 Å². The summed E-state index contributed by atoms with van der Waals surface area (Å²) in [5.41, 5.74) is 1.23. The molecule has 1 aromatic heterocycles. The summed E-state index contributed by atoms with van der Waals surface area (Å²) in [6.07, 6.45) is -1.53. The standard InChI is InChI=1S/C19H19ClF3N3O/c1-2-3-8-26-11-12-9-13(4-5-14(12)18(26)27)25-10-15-16(19(21,22)23)6-7-24-17(15)20/h4-7,9,25H,2-3,8,10-11H2,1H3. The maximum Gasteiger partial charge on any atom is 0.416 e. The molecule has 0 unspecified atom stereocenters. The van der Waals surface area contributed by atoms with Crippen LogP contribution in [-0.4, -0.2) is 22.3 Å². The van der Waals surface area contributed by atoms with Gasteiger partial charge in [0.15, 0.2) is 0 Å². The highest BCUT2D eigenvalue weighted by atomic mass is 35.5. The number of halogens is 4. The molecule has 2 aromatic rings. The van der Waals surface area contributed by atoms with Crippen molar-refractivity contribution >= 4 is 23.2 Å². The lowest BCUT2D eigenvalue weighted by molar-refractivity contribution is -0.138. The Morgan fingerprint density at radius 2 is 2.07 bits per heavy atom. The van der Waals surface area contributed by atoms with Crippen molar-refractivity contribution in [2.45, 2.75) is 39.0 Å². The largest absolute Gasteiger partial charge is 0.416 e. The lowest BCUT2D eigenvalue weighted by Gasteiger charge is -2.15. The highest BCUT2D eigenvalue weighted by Gasteiger charge is 2.34. The molecule has 0 radical (unpaired) electrons. The van der Waals surface area contributed by atoms with Gasteiger partial charge in [0.25, 0.3) is 5.91 Å². The molecule has 1 N–H and O–H groups in total. The first kappa shape index (κ1) is 19.5. The summed E-state index contributed by atoms with van der Waals surface area (Å²) < 4.78 is 39.5. The van der Waals surface area contributed by atoms with Gasteiger partial charge >= 0.3 is 6.18 Å². The van der Waals surface area contributed by atoms with Gasteiger partial charge in [-0.25, -0.2) is 4.98 Å². The fourth-order valence-corrected chi connectivity index (χ4v) is 3.34. The molecule has 0 atom stereocenters. The number of hydrogen-bond donors (Lipinski definition) is 1. The second-order valence-electron chi connectivity index (χ2n) is 6.43. The van der Waals surface area contributed by atoms with Crippen LogP contribution in [0.4, 0.5) is 18.9 Å². The Bertz CT molecular complexity index is 855. The van der Waals surface area contributed by atoms with Gasteiger partial charge in [0.1, 0.15) is 5.15 Å². The number of carbonyl (C=O) groups is 1. The van der Waals surface area contributed by atoms with Crippen molar-refractivity contribution < 1.29 is 18.0 Å². The predicted molar refractivity (Wildman–Crippen MR) is 97.7 cm³/mol. The Balaban J connectivity index is 1.76. The lowest BCUT2D eigenvalue weighted by atomic mass is 10.1. The molecule has 1 amide bonds. The molecule has 0 saturated carbocycles. The molecule has 0 saturated heterocycles. The van der Waals surface area contributed by atoms with Crippen LogP contribution in [0.25, 0.3) is 0 Å². The van der Waals surface area contributed by atoms with E-state index in [4.69, 9.17) is 11.6 Å². The first-order valence-electron chi connectivity index (χ1n) is 8.68. The van der Waals surface area contributed by atoms with Gasteiger partial charge in [-0.1, -0.05) is 24.9 Å². The van der Waals surface area contributed by atoms with Crippen LogP contribution in [0.3, 0.4) is 0 Å². The van der Waals surface area contributed by atoms with Crippen LogP contribution < -0.4 is 5.32 Å². The number of unbranched alkanes of at least 4 members (excludes halogenated alkanes) is 1. The minimum absolute atomic E-state index is 0.000313. The maximum atomic E-state index is 13.2. The Hall–Kier alpha value is -2.28. The minimum atomic E-state index is -4.51. The number of nitrogens with one attached hydrogen (secondary N) is 1. The molecule has 0 fully saturated rings. The minimum Gasteiger partial charge on any atom is -0.381 e. The second-order valence-corrected chi connectivity index (χ2v) is 6.79. The number of rotatable bonds is 6. The molecule has 0 aliphatic carbocycles. The van der Waals surface area contributed by atoms with E-state index < -0.39 is 11.7 Å². The van der Waals surface area contributed by atoms with Crippen molar-refractivity contribution in [2.24, 2.45) is 0 Å². The monoisotopic (exact) mass is 397 g/mol. The molecule has 0 bridgehead atoms. The third-order valence-corrected chi connectivity index (χ3v) is 4.87. The van der Waals surface area contributed by atoms with Crippen LogP contribution in [-0.2, 0) is 19.3 Å². The molecule has 27 heavy (non-hydrogen) atoms. The molecule has 0 spiro atoms. The number of fused-ring (bicyclic) bond motifs is 1. The summed E-state index contributed by atoms with van der Waals surface area (Å²) >= 11 is 5.88. The summed E-state index contributed by atoms with van der Waals surface area (Å²) in [5, 5.41) is 2.78. The third-order valence-electron chi connectivity index (χ3n) is 4.54. The topological polar surface area (TPSA) is 45.2 Å². The van der Waals surface area contributed by atoms with Gasteiger partial charge in [-0.2, -0.15) is 13.2 Å². The second kappa shape index (κ2) is 7.76. The maximum absolute atomic E-state index is 13.2. The van der Waals surface area contributed by atoms with Gasteiger partial charge in [-0.3, -0.25) is 4.79 Å². The van der Waals surface area contributed by atoms with E-state index in [-0.39, 0.29) is 23.2 Å². The quantitative estimate of drug-likeness (QED) is 0.688. The molecule has 2 heterocycles. The molecule has 8 heteroatoms. The highest BCUT2D eigenvalue weighted by Crippen LogP contribution is 2.34. The van der Waals surface area contributed by atoms with Gasteiger partial charge in [0, 0.05) is 42.6 Å². The summed E-state index contributed by atoms with van der Waals surface area (Å²) in [4.78, 5) is 17.9. The number of alkyl halides is 3. The number of benzene rings is 1. The predicted octanol–water partition coefficient (Wildman–Crippen LogP) is 5.12. The van der Waals surface area contributed by atoms with Crippen LogP contribution in [0.15, 0.2) is 30.5 Å². The molecule has 4 nitrogen and oxygen atoms in total. The molecular weight excluding hydrogens is 379 g/mol. The Kier molecular flexibility index (Phi) is 5.60. The van der Waals surface area contributed by atoms with Crippen molar-refractivity contribution in [2.75, 3.05) is 11.9 Å². The number of hydrogen-bond acceptors (Lipinski definition) is 3. The van der Waals surface area contributed by atoms with E-state index in [1.165, 1.54) is 0 Å². The lowest BCUT2D eigenvalue weighted by Crippen LogP contribution is -2.24. The average molecular weight is 398 g/mol. The summed E-state index contributed by atoms with van der Waals surface area (Å²) in [5.74, 6) is -0.000313. The first-order chi connectivity index (χ1) is 12.8. The fourth-order valence-electron chi connectivity index (χ4n) is 3.11. The summed E-state index contributed by atoms with van der Waals surface area (Å²) in [6, 6.07) is 6.12. The number of carbonyl (C=O) groups excluding carboxylic acids is 1. The summed E-state index contributed by atoms with van der Waals surface area (Å²) in [6.45, 7) is 3.17. The van der Waals surface area contributed by atoms with E-state index in [2.05, 4.69) is 17.2 Å². The fraction of sp³-hybridized carbons (Fsp3) is 0.368. The molecular formula is C19H19ClF3N3O. The van der Waals surface area contributed by atoms with Gasteiger partial charge in [-0.05, 0) is 36.2 Å². The Labute approximate surface area is 160 Å². The molecule has 1 aromatic carbocycles. The van der Waals surface area contributed by atoms with E-state index >= 15 is 0 Å². The number of nitrogens with zero attached hydrogens (tertiary/aromatic N) is 2. The van der Waals surface area contributed by atoms with E-state index in [1.807, 2.05) is 0 Å². The van der Waals surface area contributed by atoms with Gasteiger partial charge in [-0.15, -0.1) is 0 Å². The normalized spacial score (nSPS) is 13.8. The van der Waals surface area contributed by atoms with Crippen molar-refractivity contribution in [3.8, 4) is 0 Å². The summed E-state index contributed by atoms with van der Waals surface area (Å²) in [7, 11) is 0. The van der Waals surface area contributed by atoms with Crippen molar-refractivity contribution in [3.05, 3.63) is 57.9 Å². The smallest absolute Gasteiger partial charge is 0.381 e. The molecule has 3 rings (SSSR count). The molecule has 144 valence electrons. The zero-order valence-corrected chi connectivity index (χ0v) is 15.5. The van der Waals surface area contributed by atoms with Crippen molar-refractivity contribution in [1.29, 1.82) is 0 Å². The van der Waals surface area contributed by atoms with Gasteiger partial charge in [0.2, 0.25) is 0 Å². The highest BCUT2D eigenvalue weighted by molar-refractivity contribution is 6.30. The number of aromatic nitrogens is 1. The van der Waals surface area contributed by atoms with E-state index in [0.29, 0.717) is 24.3 Å². The van der Waals surface area contributed by atoms with Crippen LogP contribution in [0, 0.1) is 0 Å². The van der Waals surface area contributed by atoms with E-state index in [9.17, 15) is 18.0 Å². The zero-order valence-electron chi connectivity index (χ0n) is 14.7. The number of anilines is 1. The third kappa shape index (κ3) is 4.18. The van der Waals surface area contributed by atoms with Crippen LogP contribution in [0.2, 0.25) is 5.15 Å². The molecule has 1 aliphatic rings. The number of amides is 1. The average Bonchev–Trinajstić information content (AvgIpc) is 2.93. The van der Waals surface area contributed by atoms with Crippen LogP contribution >= 0.6 is 11.6 Å². The van der Waals surface area contributed by atoms with Crippen LogP contribution in [0.1, 0.15) is 46.8 Å². The SMILES string of the molecule is CCCCN1Cc2cc(NCc3c(C(F)(F)F)ccnc3Cl)ccc2C1=O. The van der Waals surface area contributed by atoms with Crippen molar-refractivity contribution in [3.63, 3.8) is 0 Å². The van der Waals surface area contributed by atoms with E-state index in [0.717, 1.165) is 30.7 Å². The van der Waals surface area contributed by atoms with E-state index in [1.54, 1.807) is 23.1 Å².